The molecule has 0 atom stereocenters. The Balaban J connectivity index is 1.44. The van der Waals surface area contributed by atoms with Crippen molar-refractivity contribution in [2.75, 3.05) is 12.3 Å². The summed E-state index contributed by atoms with van der Waals surface area (Å²) in [6.07, 6.45) is 5.99. The summed E-state index contributed by atoms with van der Waals surface area (Å²) < 4.78 is 14.8. The molecule has 3 aromatic rings. The molecule has 1 aromatic heterocycles. The number of fused-ring (bicyclic) bond motifs is 1. The number of rotatable bonds is 7. The predicted octanol–water partition coefficient (Wildman–Crippen LogP) is 4.49. The first-order valence-electron chi connectivity index (χ1n) is 10.8. The number of aromatic nitrogens is 2. The molecule has 31 heavy (non-hydrogen) atoms. The van der Waals surface area contributed by atoms with Crippen LogP contribution in [0.25, 0.3) is 10.9 Å². The lowest BCUT2D eigenvalue weighted by molar-refractivity contribution is -0.118. The lowest BCUT2D eigenvalue weighted by Crippen LogP contribution is -2.30. The van der Waals surface area contributed by atoms with Gasteiger partial charge in [0.05, 0.1) is 16.7 Å². The van der Waals surface area contributed by atoms with Gasteiger partial charge < -0.3 is 5.32 Å². The van der Waals surface area contributed by atoms with Crippen molar-refractivity contribution in [3.63, 3.8) is 0 Å². The summed E-state index contributed by atoms with van der Waals surface area (Å²) in [4.78, 5) is 30.3. The van der Waals surface area contributed by atoms with E-state index in [-0.39, 0.29) is 29.1 Å². The maximum Gasteiger partial charge on any atom is 0.262 e. The highest BCUT2D eigenvalue weighted by Gasteiger charge is 2.22. The van der Waals surface area contributed by atoms with Crippen molar-refractivity contribution in [2.45, 2.75) is 49.7 Å². The van der Waals surface area contributed by atoms with Crippen LogP contribution < -0.4 is 10.9 Å². The molecule has 162 valence electrons. The first kappa shape index (κ1) is 21.6. The van der Waals surface area contributed by atoms with Crippen molar-refractivity contribution < 1.29 is 9.18 Å². The van der Waals surface area contributed by atoms with Gasteiger partial charge in [0, 0.05) is 12.6 Å². The van der Waals surface area contributed by atoms with E-state index in [4.69, 9.17) is 4.98 Å². The molecule has 0 radical (unpaired) electrons. The Morgan fingerprint density at radius 3 is 2.61 bits per heavy atom. The number of amides is 1. The minimum atomic E-state index is -0.268. The van der Waals surface area contributed by atoms with Crippen LogP contribution in [0, 0.1) is 5.82 Å². The molecule has 1 saturated carbocycles. The molecule has 2 aromatic carbocycles. The zero-order valence-corrected chi connectivity index (χ0v) is 18.2. The average molecular weight is 440 g/mol. The van der Waals surface area contributed by atoms with Crippen LogP contribution in [-0.4, -0.2) is 27.8 Å². The number of benzene rings is 2. The van der Waals surface area contributed by atoms with E-state index in [2.05, 4.69) is 5.32 Å². The second kappa shape index (κ2) is 10.1. The van der Waals surface area contributed by atoms with Crippen LogP contribution in [-0.2, 0) is 11.2 Å². The maximum absolute atomic E-state index is 13.2. The van der Waals surface area contributed by atoms with Crippen molar-refractivity contribution in [3.05, 3.63) is 70.3 Å². The molecular weight excluding hydrogens is 413 g/mol. The van der Waals surface area contributed by atoms with E-state index in [0.29, 0.717) is 29.0 Å². The van der Waals surface area contributed by atoms with E-state index in [9.17, 15) is 14.0 Å². The summed E-state index contributed by atoms with van der Waals surface area (Å²) in [7, 11) is 0. The van der Waals surface area contributed by atoms with Crippen LogP contribution in [0.5, 0.6) is 0 Å². The van der Waals surface area contributed by atoms with Gasteiger partial charge in [-0.15, -0.1) is 0 Å². The van der Waals surface area contributed by atoms with Crippen LogP contribution in [0.2, 0.25) is 0 Å². The van der Waals surface area contributed by atoms with E-state index in [0.717, 1.165) is 31.2 Å². The number of halogens is 1. The molecule has 0 saturated heterocycles. The Hall–Kier alpha value is -2.67. The molecule has 1 aliphatic rings. The standard InChI is InChI=1S/C24H26FN3O2S/c25-18-12-10-17(11-13-18)14-15-26-22(29)16-31-24-27-21-9-5-4-8-20(21)23(30)28(24)19-6-2-1-3-7-19/h4-5,8-13,19H,1-3,6-7,14-16H2,(H,26,29). The highest BCUT2D eigenvalue weighted by atomic mass is 32.2. The van der Waals surface area contributed by atoms with Gasteiger partial charge in [-0.1, -0.05) is 55.3 Å². The smallest absolute Gasteiger partial charge is 0.262 e. The van der Waals surface area contributed by atoms with Crippen molar-refractivity contribution in [2.24, 2.45) is 0 Å². The lowest BCUT2D eigenvalue weighted by atomic mass is 9.95. The van der Waals surface area contributed by atoms with Gasteiger partial charge in [0.15, 0.2) is 5.16 Å². The van der Waals surface area contributed by atoms with E-state index in [1.807, 2.05) is 28.8 Å². The van der Waals surface area contributed by atoms with E-state index < -0.39 is 0 Å². The van der Waals surface area contributed by atoms with Gasteiger partial charge in [0.2, 0.25) is 5.91 Å². The maximum atomic E-state index is 13.2. The fourth-order valence-corrected chi connectivity index (χ4v) is 4.96. The molecule has 1 fully saturated rings. The van der Waals surface area contributed by atoms with Crippen LogP contribution in [0.3, 0.4) is 0 Å². The quantitative estimate of drug-likeness (QED) is 0.435. The summed E-state index contributed by atoms with van der Waals surface area (Å²) in [5.74, 6) is -0.179. The SMILES string of the molecule is O=C(CSc1nc2ccccc2c(=O)n1C1CCCCC1)NCCc1ccc(F)cc1. The van der Waals surface area contributed by atoms with Crippen LogP contribution >= 0.6 is 11.8 Å². The molecule has 1 heterocycles. The summed E-state index contributed by atoms with van der Waals surface area (Å²) in [5, 5.41) is 4.14. The van der Waals surface area contributed by atoms with Gasteiger partial charge in [-0.25, -0.2) is 9.37 Å². The molecular formula is C24H26FN3O2S. The summed E-state index contributed by atoms with van der Waals surface area (Å²) >= 11 is 1.32. The fraction of sp³-hybridized carbons (Fsp3) is 0.375. The van der Waals surface area contributed by atoms with Crippen LogP contribution in [0.1, 0.15) is 43.7 Å². The molecule has 0 bridgehead atoms. The third kappa shape index (κ3) is 5.34. The van der Waals surface area contributed by atoms with Gasteiger partial charge in [0.1, 0.15) is 5.82 Å². The summed E-state index contributed by atoms with van der Waals surface area (Å²) in [5.41, 5.74) is 1.62. The number of carbonyl (C=O) groups is 1. The Labute approximate surface area is 185 Å². The molecule has 1 aliphatic carbocycles. The largest absolute Gasteiger partial charge is 0.355 e. The monoisotopic (exact) mass is 439 g/mol. The normalized spacial score (nSPS) is 14.6. The van der Waals surface area contributed by atoms with Crippen LogP contribution in [0.15, 0.2) is 58.5 Å². The van der Waals surface area contributed by atoms with E-state index in [1.165, 1.54) is 30.3 Å². The van der Waals surface area contributed by atoms with Gasteiger partial charge in [0.25, 0.3) is 5.56 Å². The number of hydrogen-bond donors (Lipinski definition) is 1. The Morgan fingerprint density at radius 2 is 1.84 bits per heavy atom. The first-order chi connectivity index (χ1) is 15.1. The topological polar surface area (TPSA) is 64.0 Å². The number of hydrogen-bond acceptors (Lipinski definition) is 4. The summed E-state index contributed by atoms with van der Waals surface area (Å²) in [6.45, 7) is 0.478. The second-order valence-corrected chi connectivity index (χ2v) is 8.84. The van der Waals surface area contributed by atoms with Gasteiger partial charge in [-0.2, -0.15) is 0 Å². The highest BCUT2D eigenvalue weighted by Crippen LogP contribution is 2.31. The molecule has 4 rings (SSSR count). The first-order valence-corrected chi connectivity index (χ1v) is 11.8. The lowest BCUT2D eigenvalue weighted by Gasteiger charge is -2.26. The van der Waals surface area contributed by atoms with Gasteiger partial charge >= 0.3 is 0 Å². The minimum Gasteiger partial charge on any atom is -0.355 e. The third-order valence-corrected chi connectivity index (χ3v) is 6.65. The number of carbonyl (C=O) groups excluding carboxylic acids is 1. The van der Waals surface area contributed by atoms with E-state index >= 15 is 0 Å². The van der Waals surface area contributed by atoms with Crippen molar-refractivity contribution in [1.82, 2.24) is 14.9 Å². The molecule has 5 nitrogen and oxygen atoms in total. The summed E-state index contributed by atoms with van der Waals surface area (Å²) in [6, 6.07) is 13.8. The van der Waals surface area contributed by atoms with Crippen molar-refractivity contribution in [3.8, 4) is 0 Å². The third-order valence-electron chi connectivity index (χ3n) is 5.70. The zero-order chi connectivity index (χ0) is 21.6. The number of para-hydroxylation sites is 1. The highest BCUT2D eigenvalue weighted by molar-refractivity contribution is 7.99. The number of thioether (sulfide) groups is 1. The van der Waals surface area contributed by atoms with Crippen molar-refractivity contribution in [1.29, 1.82) is 0 Å². The van der Waals surface area contributed by atoms with Crippen LogP contribution in [0.4, 0.5) is 4.39 Å². The molecule has 1 amide bonds. The number of nitrogens with zero attached hydrogens (tertiary/aromatic N) is 2. The number of nitrogens with one attached hydrogen (secondary N) is 1. The second-order valence-electron chi connectivity index (χ2n) is 7.89. The molecule has 0 unspecified atom stereocenters. The fourth-order valence-electron chi connectivity index (χ4n) is 4.07. The molecule has 7 heteroatoms. The average Bonchev–Trinajstić information content (AvgIpc) is 2.80. The molecule has 0 aliphatic heterocycles. The van der Waals surface area contributed by atoms with Gasteiger partial charge in [-0.3, -0.25) is 14.2 Å². The molecule has 0 spiro atoms. The predicted molar refractivity (Wildman–Crippen MR) is 122 cm³/mol. The van der Waals surface area contributed by atoms with Crippen molar-refractivity contribution >= 4 is 28.6 Å². The molecule has 1 N–H and O–H groups in total. The minimum absolute atomic E-state index is 0.0169. The van der Waals surface area contributed by atoms with Gasteiger partial charge in [-0.05, 0) is 49.1 Å². The zero-order valence-electron chi connectivity index (χ0n) is 17.4. The Morgan fingerprint density at radius 1 is 1.10 bits per heavy atom. The Kier molecular flexibility index (Phi) is 7.02. The Bertz CT molecular complexity index is 1110. The van der Waals surface area contributed by atoms with E-state index in [1.54, 1.807) is 12.1 Å².